The molecule has 0 saturated heterocycles. The Balaban J connectivity index is 2.45. The Morgan fingerprint density at radius 2 is 2.00 bits per heavy atom. The first-order valence-corrected chi connectivity index (χ1v) is 6.16. The second kappa shape index (κ2) is 6.31. The van der Waals surface area contributed by atoms with Crippen molar-refractivity contribution < 1.29 is 9.47 Å². The van der Waals surface area contributed by atoms with E-state index in [-0.39, 0.29) is 0 Å². The van der Waals surface area contributed by atoms with Gasteiger partial charge < -0.3 is 14.9 Å². The monoisotopic (exact) mass is 274 g/mol. The van der Waals surface area contributed by atoms with Crippen molar-refractivity contribution in [3.8, 4) is 17.1 Å². The summed E-state index contributed by atoms with van der Waals surface area (Å²) in [5.74, 6) is 7.42. The van der Waals surface area contributed by atoms with Crippen molar-refractivity contribution in [1.29, 1.82) is 0 Å². The maximum Gasteiger partial charge on any atom is 0.161 e. The standard InChI is InChI=1S/C14H18N4O2/c1-9-6-10(4-5-12(9)20-3)14-16-11(8-19-2)7-13(17-14)18-15/h4-7H,8,15H2,1-3H3,(H,16,17,18). The molecule has 0 saturated carbocycles. The van der Waals surface area contributed by atoms with Crippen molar-refractivity contribution in [2.75, 3.05) is 19.6 Å². The minimum absolute atomic E-state index is 0.402. The lowest BCUT2D eigenvalue weighted by molar-refractivity contribution is 0.181. The van der Waals surface area contributed by atoms with Crippen LogP contribution in [0, 0.1) is 6.92 Å². The largest absolute Gasteiger partial charge is 0.496 e. The van der Waals surface area contributed by atoms with Gasteiger partial charge in [-0.1, -0.05) is 0 Å². The van der Waals surface area contributed by atoms with Crippen LogP contribution in [0.2, 0.25) is 0 Å². The van der Waals surface area contributed by atoms with Gasteiger partial charge in [-0.2, -0.15) is 0 Å². The minimum atomic E-state index is 0.402. The smallest absolute Gasteiger partial charge is 0.161 e. The summed E-state index contributed by atoms with van der Waals surface area (Å²) in [6.07, 6.45) is 0. The summed E-state index contributed by atoms with van der Waals surface area (Å²) >= 11 is 0. The molecule has 0 aliphatic rings. The van der Waals surface area contributed by atoms with Crippen LogP contribution in [0.1, 0.15) is 11.3 Å². The molecule has 20 heavy (non-hydrogen) atoms. The molecule has 0 spiro atoms. The van der Waals surface area contributed by atoms with Crippen molar-refractivity contribution in [2.45, 2.75) is 13.5 Å². The molecule has 1 heterocycles. The summed E-state index contributed by atoms with van der Waals surface area (Å²) < 4.78 is 10.3. The zero-order chi connectivity index (χ0) is 14.5. The van der Waals surface area contributed by atoms with Crippen molar-refractivity contribution >= 4 is 5.82 Å². The van der Waals surface area contributed by atoms with Crippen LogP contribution in [0.3, 0.4) is 0 Å². The number of rotatable bonds is 5. The number of nitrogens with two attached hydrogens (primary N) is 1. The summed E-state index contributed by atoms with van der Waals surface area (Å²) in [5, 5.41) is 0. The van der Waals surface area contributed by atoms with Gasteiger partial charge in [0.2, 0.25) is 0 Å². The van der Waals surface area contributed by atoms with Crippen LogP contribution in [-0.4, -0.2) is 24.2 Å². The van der Waals surface area contributed by atoms with E-state index in [1.54, 1.807) is 20.3 Å². The molecule has 1 aromatic carbocycles. The summed E-state index contributed by atoms with van der Waals surface area (Å²) in [4.78, 5) is 8.82. The number of nitrogens with one attached hydrogen (secondary N) is 1. The van der Waals surface area contributed by atoms with Gasteiger partial charge in [-0.05, 0) is 30.7 Å². The van der Waals surface area contributed by atoms with Gasteiger partial charge in [0.15, 0.2) is 5.82 Å². The average Bonchev–Trinajstić information content (AvgIpc) is 2.47. The number of methoxy groups -OCH3 is 2. The highest BCUT2D eigenvalue weighted by Gasteiger charge is 2.08. The van der Waals surface area contributed by atoms with Crippen LogP contribution in [-0.2, 0) is 11.3 Å². The summed E-state index contributed by atoms with van der Waals surface area (Å²) in [6, 6.07) is 7.54. The fourth-order valence-electron chi connectivity index (χ4n) is 1.94. The van der Waals surface area contributed by atoms with Gasteiger partial charge in [0.05, 0.1) is 19.4 Å². The molecule has 2 aromatic rings. The van der Waals surface area contributed by atoms with Crippen molar-refractivity contribution in [3.63, 3.8) is 0 Å². The average molecular weight is 274 g/mol. The lowest BCUT2D eigenvalue weighted by Gasteiger charge is -2.09. The molecule has 3 N–H and O–H groups in total. The van der Waals surface area contributed by atoms with Crippen molar-refractivity contribution in [3.05, 3.63) is 35.5 Å². The Morgan fingerprint density at radius 3 is 2.60 bits per heavy atom. The number of aromatic nitrogens is 2. The third kappa shape index (κ3) is 3.04. The van der Waals surface area contributed by atoms with Crippen LogP contribution in [0.4, 0.5) is 5.82 Å². The maximum absolute atomic E-state index is 5.44. The zero-order valence-electron chi connectivity index (χ0n) is 11.8. The molecule has 0 atom stereocenters. The first-order valence-electron chi connectivity index (χ1n) is 6.16. The number of nitrogens with zero attached hydrogens (tertiary/aromatic N) is 2. The predicted molar refractivity (Wildman–Crippen MR) is 77.3 cm³/mol. The fraction of sp³-hybridized carbons (Fsp3) is 0.286. The number of aryl methyl sites for hydroxylation is 1. The van der Waals surface area contributed by atoms with E-state index in [2.05, 4.69) is 15.4 Å². The van der Waals surface area contributed by atoms with E-state index in [9.17, 15) is 0 Å². The lowest BCUT2D eigenvalue weighted by atomic mass is 10.1. The Labute approximate surface area is 117 Å². The number of benzene rings is 1. The molecule has 0 aliphatic carbocycles. The summed E-state index contributed by atoms with van der Waals surface area (Å²) in [5.41, 5.74) is 5.23. The third-order valence-corrected chi connectivity index (χ3v) is 2.87. The van der Waals surface area contributed by atoms with Gasteiger partial charge in [0, 0.05) is 18.7 Å². The Hall–Kier alpha value is -2.18. The molecule has 0 amide bonds. The lowest BCUT2D eigenvalue weighted by Crippen LogP contribution is -2.11. The number of ether oxygens (including phenoxy) is 2. The summed E-state index contributed by atoms with van der Waals surface area (Å²) in [6.45, 7) is 2.38. The SMILES string of the molecule is COCc1cc(NN)nc(-c2ccc(OC)c(C)c2)n1. The Bertz CT molecular complexity index is 602. The second-order valence-electron chi connectivity index (χ2n) is 4.33. The zero-order valence-corrected chi connectivity index (χ0v) is 11.8. The minimum Gasteiger partial charge on any atom is -0.496 e. The molecule has 0 radical (unpaired) electrons. The first kappa shape index (κ1) is 14.2. The highest BCUT2D eigenvalue weighted by Crippen LogP contribution is 2.25. The molecule has 6 nitrogen and oxygen atoms in total. The molecule has 106 valence electrons. The van der Waals surface area contributed by atoms with E-state index in [0.717, 1.165) is 22.6 Å². The van der Waals surface area contributed by atoms with E-state index >= 15 is 0 Å². The number of hydrazine groups is 1. The number of anilines is 1. The fourth-order valence-corrected chi connectivity index (χ4v) is 1.94. The molecule has 0 aliphatic heterocycles. The first-order chi connectivity index (χ1) is 9.67. The van der Waals surface area contributed by atoms with Crippen LogP contribution < -0.4 is 16.0 Å². The maximum atomic E-state index is 5.44. The Kier molecular flexibility index (Phi) is 4.49. The van der Waals surface area contributed by atoms with Crippen molar-refractivity contribution in [1.82, 2.24) is 9.97 Å². The molecule has 0 bridgehead atoms. The molecule has 0 unspecified atom stereocenters. The third-order valence-electron chi connectivity index (χ3n) is 2.87. The molecule has 2 rings (SSSR count). The van der Waals surface area contributed by atoms with Gasteiger partial charge in [0.1, 0.15) is 11.6 Å². The van der Waals surface area contributed by atoms with Gasteiger partial charge in [-0.15, -0.1) is 0 Å². The van der Waals surface area contributed by atoms with E-state index < -0.39 is 0 Å². The molecule has 1 aromatic heterocycles. The van der Waals surface area contributed by atoms with E-state index in [4.69, 9.17) is 15.3 Å². The van der Waals surface area contributed by atoms with Gasteiger partial charge >= 0.3 is 0 Å². The molecule has 6 heteroatoms. The topological polar surface area (TPSA) is 82.3 Å². The van der Waals surface area contributed by atoms with Crippen LogP contribution in [0.5, 0.6) is 5.75 Å². The molecular formula is C14H18N4O2. The number of nitrogen functional groups attached to an aromatic ring is 1. The highest BCUT2D eigenvalue weighted by molar-refractivity contribution is 5.60. The van der Waals surface area contributed by atoms with E-state index in [1.165, 1.54) is 0 Å². The molecular weight excluding hydrogens is 256 g/mol. The number of hydrogen-bond acceptors (Lipinski definition) is 6. The van der Waals surface area contributed by atoms with Crippen LogP contribution in [0.25, 0.3) is 11.4 Å². The van der Waals surface area contributed by atoms with E-state index in [0.29, 0.717) is 18.2 Å². The van der Waals surface area contributed by atoms with Crippen molar-refractivity contribution in [2.24, 2.45) is 5.84 Å². The molecule has 0 fully saturated rings. The Morgan fingerprint density at radius 1 is 1.20 bits per heavy atom. The van der Waals surface area contributed by atoms with Crippen LogP contribution in [0.15, 0.2) is 24.3 Å². The second-order valence-corrected chi connectivity index (χ2v) is 4.33. The normalized spacial score (nSPS) is 10.4. The van der Waals surface area contributed by atoms with E-state index in [1.807, 2.05) is 25.1 Å². The van der Waals surface area contributed by atoms with Crippen LogP contribution >= 0.6 is 0 Å². The highest BCUT2D eigenvalue weighted by atomic mass is 16.5. The number of hydrogen-bond donors (Lipinski definition) is 2. The van der Waals surface area contributed by atoms with Gasteiger partial charge in [-0.25, -0.2) is 15.8 Å². The quantitative estimate of drug-likeness (QED) is 0.640. The predicted octanol–water partition coefficient (Wildman–Crippen LogP) is 1.89. The van der Waals surface area contributed by atoms with Gasteiger partial charge in [0.25, 0.3) is 0 Å². The van der Waals surface area contributed by atoms with Gasteiger partial charge in [-0.3, -0.25) is 0 Å². The summed E-state index contributed by atoms with van der Waals surface area (Å²) in [7, 11) is 3.27.